The van der Waals surface area contributed by atoms with Crippen LogP contribution in [0.2, 0.25) is 0 Å². The minimum atomic E-state index is -4.04. The van der Waals surface area contributed by atoms with E-state index in [1.54, 1.807) is 23.7 Å². The fourth-order valence-electron chi connectivity index (χ4n) is 3.64. The highest BCUT2D eigenvalue weighted by atomic mass is 32.2. The van der Waals surface area contributed by atoms with Crippen LogP contribution in [0.3, 0.4) is 0 Å². The molecule has 0 saturated carbocycles. The number of nitrogens with zero attached hydrogens (tertiary/aromatic N) is 6. The summed E-state index contributed by atoms with van der Waals surface area (Å²) in [5.74, 6) is -0.125. The molecule has 1 fully saturated rings. The first-order chi connectivity index (χ1) is 15.2. The van der Waals surface area contributed by atoms with E-state index in [9.17, 15) is 23.6 Å². The molecule has 0 aliphatic carbocycles. The number of fused-ring (bicyclic) bond motifs is 1. The molecule has 4 rings (SSSR count). The fraction of sp³-hybridized carbons (Fsp3) is 0.300. The van der Waals surface area contributed by atoms with Crippen molar-refractivity contribution >= 4 is 38.0 Å². The number of non-ortho nitro benzene ring substituents is 1. The maximum atomic E-state index is 13.3. The lowest BCUT2D eigenvalue weighted by molar-refractivity contribution is -0.385. The molecule has 0 unspecified atom stereocenters. The number of hydrogen-bond donors (Lipinski definition) is 1. The summed E-state index contributed by atoms with van der Waals surface area (Å²) < 4.78 is 29.5. The number of para-hydroxylation sites is 1. The van der Waals surface area contributed by atoms with Crippen molar-refractivity contribution in [2.24, 2.45) is 17.3 Å². The maximum Gasteiger partial charge on any atom is 0.270 e. The summed E-state index contributed by atoms with van der Waals surface area (Å²) in [6.45, 7) is 1.63. The molecule has 0 spiro atoms. The molecule has 32 heavy (non-hydrogen) atoms. The Kier molecular flexibility index (Phi) is 5.67. The van der Waals surface area contributed by atoms with Crippen molar-refractivity contribution in [3.8, 4) is 5.88 Å². The highest BCUT2D eigenvalue weighted by Gasteiger charge is 2.31. The Balaban J connectivity index is 1.80. The minimum absolute atomic E-state index is 0.0399. The molecule has 2 heterocycles. The lowest BCUT2D eigenvalue weighted by Crippen LogP contribution is -2.47. The number of piperazine rings is 1. The van der Waals surface area contributed by atoms with Gasteiger partial charge in [-0.25, -0.2) is 8.42 Å². The van der Waals surface area contributed by atoms with Crippen LogP contribution in [0.5, 0.6) is 5.88 Å². The van der Waals surface area contributed by atoms with Crippen molar-refractivity contribution in [1.82, 2.24) is 13.8 Å². The molecular formula is C20H22N6O5S. The molecule has 1 aliphatic heterocycles. The summed E-state index contributed by atoms with van der Waals surface area (Å²) in [4.78, 5) is 12.3. The summed E-state index contributed by atoms with van der Waals surface area (Å²) in [6, 6.07) is 10.6. The van der Waals surface area contributed by atoms with Crippen LogP contribution in [0.25, 0.3) is 10.9 Å². The highest BCUT2D eigenvalue weighted by molar-refractivity contribution is 7.89. The monoisotopic (exact) mass is 458 g/mol. The van der Waals surface area contributed by atoms with Crippen molar-refractivity contribution in [1.29, 1.82) is 0 Å². The normalized spacial score (nSPS) is 16.2. The first-order valence-corrected chi connectivity index (χ1v) is 11.3. The van der Waals surface area contributed by atoms with Crippen LogP contribution >= 0.6 is 0 Å². The second-order valence-electron chi connectivity index (χ2n) is 7.56. The number of hydrogen-bond acceptors (Lipinski definition) is 8. The van der Waals surface area contributed by atoms with Crippen LogP contribution in [0.4, 0.5) is 17.1 Å². The third kappa shape index (κ3) is 3.83. The van der Waals surface area contributed by atoms with Crippen molar-refractivity contribution in [2.75, 3.05) is 33.2 Å². The first-order valence-electron chi connectivity index (χ1n) is 9.85. The fourth-order valence-corrected chi connectivity index (χ4v) is 5.20. The number of sulfonamides is 1. The molecule has 168 valence electrons. The summed E-state index contributed by atoms with van der Waals surface area (Å²) in [5.41, 5.74) is 0.517. The Morgan fingerprint density at radius 2 is 1.72 bits per heavy atom. The average Bonchev–Trinajstić information content (AvgIpc) is 3.02. The second kappa shape index (κ2) is 8.30. The number of aromatic hydroxyl groups is 1. The first kappa shape index (κ1) is 21.9. The highest BCUT2D eigenvalue weighted by Crippen LogP contribution is 2.39. The number of nitro benzene ring substituents is 1. The quantitative estimate of drug-likeness (QED) is 0.355. The van der Waals surface area contributed by atoms with E-state index in [4.69, 9.17) is 0 Å². The standard InChI is InChI=1S/C20H22N6O5S/c1-23-9-11-25(12-10-23)32(30,31)18-13-14(26(28)29)7-8-16(18)21-22-19-15-5-3-4-6-17(15)24(2)20(19)27/h3-8,13,27H,9-12H2,1-2H3. The van der Waals surface area contributed by atoms with Crippen LogP contribution in [0, 0.1) is 10.1 Å². The van der Waals surface area contributed by atoms with Gasteiger partial charge in [0.25, 0.3) is 5.69 Å². The second-order valence-corrected chi connectivity index (χ2v) is 9.47. The molecule has 0 radical (unpaired) electrons. The predicted octanol–water partition coefficient (Wildman–Crippen LogP) is 3.14. The van der Waals surface area contributed by atoms with Gasteiger partial charge in [0.2, 0.25) is 15.9 Å². The molecule has 12 heteroatoms. The van der Waals surface area contributed by atoms with Crippen molar-refractivity contribution in [2.45, 2.75) is 4.90 Å². The minimum Gasteiger partial charge on any atom is -0.493 e. The Morgan fingerprint density at radius 3 is 2.41 bits per heavy atom. The van der Waals surface area contributed by atoms with E-state index in [0.29, 0.717) is 18.5 Å². The lowest BCUT2D eigenvalue weighted by atomic mass is 10.2. The average molecular weight is 459 g/mol. The number of aromatic nitrogens is 1. The van der Waals surface area contributed by atoms with Gasteiger partial charge in [0.1, 0.15) is 10.6 Å². The SMILES string of the molecule is CN1CCN(S(=O)(=O)c2cc([N+](=O)[O-])ccc2N=Nc2c(O)n(C)c3ccccc23)CC1. The largest absolute Gasteiger partial charge is 0.493 e. The van der Waals surface area contributed by atoms with Crippen molar-refractivity contribution in [3.63, 3.8) is 0 Å². The van der Waals surface area contributed by atoms with Crippen LogP contribution < -0.4 is 0 Å². The molecule has 0 amide bonds. The molecule has 1 N–H and O–H groups in total. The van der Waals surface area contributed by atoms with Crippen LogP contribution in [0.15, 0.2) is 57.6 Å². The lowest BCUT2D eigenvalue weighted by Gasteiger charge is -2.31. The van der Waals surface area contributed by atoms with Gasteiger partial charge in [0.15, 0.2) is 5.69 Å². The molecule has 2 aromatic carbocycles. The van der Waals surface area contributed by atoms with E-state index in [0.717, 1.165) is 11.6 Å². The van der Waals surface area contributed by atoms with Crippen LogP contribution in [-0.2, 0) is 17.1 Å². The van der Waals surface area contributed by atoms with Crippen molar-refractivity contribution in [3.05, 3.63) is 52.6 Å². The van der Waals surface area contributed by atoms with Gasteiger partial charge in [0.05, 0.1) is 10.4 Å². The van der Waals surface area contributed by atoms with E-state index >= 15 is 0 Å². The van der Waals surface area contributed by atoms with E-state index in [-0.39, 0.29) is 40.9 Å². The van der Waals surface area contributed by atoms with Gasteiger partial charge in [-0.3, -0.25) is 10.1 Å². The van der Waals surface area contributed by atoms with E-state index in [1.165, 1.54) is 16.4 Å². The number of benzene rings is 2. The third-order valence-corrected chi connectivity index (χ3v) is 7.47. The molecule has 1 saturated heterocycles. The summed E-state index contributed by atoms with van der Waals surface area (Å²) in [7, 11) is -0.474. The molecule has 3 aromatic rings. The van der Waals surface area contributed by atoms with E-state index in [1.807, 2.05) is 24.1 Å². The van der Waals surface area contributed by atoms with Gasteiger partial charge in [-0.1, -0.05) is 18.2 Å². The smallest absolute Gasteiger partial charge is 0.270 e. The van der Waals surface area contributed by atoms with Crippen molar-refractivity contribution < 1.29 is 18.4 Å². The zero-order chi connectivity index (χ0) is 23.0. The number of rotatable bonds is 5. The predicted molar refractivity (Wildman–Crippen MR) is 118 cm³/mol. The number of nitro groups is 1. The summed E-state index contributed by atoms with van der Waals surface area (Å²) >= 11 is 0. The van der Waals surface area contributed by atoms with Gasteiger partial charge in [-0.2, -0.15) is 4.31 Å². The van der Waals surface area contributed by atoms with Gasteiger partial charge in [-0.15, -0.1) is 10.2 Å². The Hall–Kier alpha value is -3.35. The molecule has 1 aromatic heterocycles. The zero-order valence-corrected chi connectivity index (χ0v) is 18.4. The maximum absolute atomic E-state index is 13.3. The molecular weight excluding hydrogens is 436 g/mol. The summed E-state index contributed by atoms with van der Waals surface area (Å²) in [6.07, 6.45) is 0. The topological polar surface area (TPSA) is 134 Å². The molecule has 0 bridgehead atoms. The zero-order valence-electron chi connectivity index (χ0n) is 17.5. The Morgan fingerprint density at radius 1 is 1.03 bits per heavy atom. The van der Waals surface area contributed by atoms with Crippen LogP contribution in [0.1, 0.15) is 0 Å². The van der Waals surface area contributed by atoms with Crippen LogP contribution in [-0.4, -0.2) is 65.4 Å². The van der Waals surface area contributed by atoms with E-state index in [2.05, 4.69) is 10.2 Å². The molecule has 1 aliphatic rings. The Labute approximate surface area is 184 Å². The van der Waals surface area contributed by atoms with E-state index < -0.39 is 14.9 Å². The number of likely N-dealkylation sites (N-methyl/N-ethyl adjacent to an activating group) is 1. The van der Waals surface area contributed by atoms with Gasteiger partial charge in [-0.05, 0) is 19.2 Å². The number of aryl methyl sites for hydroxylation is 1. The molecule has 0 atom stereocenters. The van der Waals surface area contributed by atoms with Gasteiger partial charge >= 0.3 is 0 Å². The molecule has 11 nitrogen and oxygen atoms in total. The summed E-state index contributed by atoms with van der Waals surface area (Å²) in [5, 5.41) is 30.6. The third-order valence-electron chi connectivity index (χ3n) is 5.54. The Bertz CT molecular complexity index is 1330. The van der Waals surface area contributed by atoms with Gasteiger partial charge in [0, 0.05) is 50.7 Å². The van der Waals surface area contributed by atoms with Gasteiger partial charge < -0.3 is 14.6 Å². The number of azo groups is 1.